The van der Waals surface area contributed by atoms with Gasteiger partial charge in [0.25, 0.3) is 0 Å². The second-order valence-electron chi connectivity index (χ2n) is 6.66. The molecule has 7 nitrogen and oxygen atoms in total. The van der Waals surface area contributed by atoms with Crippen LogP contribution in [0.3, 0.4) is 0 Å². The van der Waals surface area contributed by atoms with Gasteiger partial charge in [0.05, 0.1) is 5.69 Å². The van der Waals surface area contributed by atoms with Gasteiger partial charge in [-0.15, -0.1) is 24.8 Å². The number of hydrogen-bond donors (Lipinski definition) is 1. The molecule has 0 saturated carbocycles. The van der Waals surface area contributed by atoms with Gasteiger partial charge in [0.1, 0.15) is 5.69 Å². The topological polar surface area (TPSA) is 66.1 Å². The van der Waals surface area contributed by atoms with Gasteiger partial charge in [0, 0.05) is 32.0 Å². The molecule has 0 bridgehead atoms. The molecule has 9 heteroatoms. The van der Waals surface area contributed by atoms with Gasteiger partial charge in [0.2, 0.25) is 6.79 Å². The summed E-state index contributed by atoms with van der Waals surface area (Å²) in [5.41, 5.74) is 3.39. The van der Waals surface area contributed by atoms with Crippen molar-refractivity contribution in [3.8, 4) is 23.0 Å². The largest absolute Gasteiger partial charge is 0.454 e. The zero-order valence-corrected chi connectivity index (χ0v) is 17.0. The van der Waals surface area contributed by atoms with Crippen LogP contribution < -0.4 is 14.8 Å². The number of nitrogens with one attached hydrogen (secondary N) is 1. The standard InChI is InChI=1S/C19H21N5O2.2ClH/c1-5-20-12-15-11-16(22-24(15)7-1)19-21-6-9-23(19)8-4-14-2-3-17-18(10-14)26-13-25-17;;/h2-3,6,9-11,20H,1,4-5,7-8,12-13H2;2*1H. The van der Waals surface area contributed by atoms with Crippen LogP contribution in [0.2, 0.25) is 0 Å². The molecule has 1 N–H and O–H groups in total. The normalized spacial score (nSPS) is 14.6. The highest BCUT2D eigenvalue weighted by atomic mass is 35.5. The molecular weight excluding hydrogens is 401 g/mol. The van der Waals surface area contributed by atoms with Gasteiger partial charge in [0.15, 0.2) is 17.3 Å². The van der Waals surface area contributed by atoms with Gasteiger partial charge in [-0.25, -0.2) is 4.98 Å². The molecule has 3 aromatic rings. The number of imidazole rings is 1. The molecule has 0 amide bonds. The Bertz CT molecular complexity index is 917. The fraction of sp³-hybridized carbons (Fsp3) is 0.368. The molecule has 0 saturated heterocycles. The first kappa shape index (κ1) is 20.5. The van der Waals surface area contributed by atoms with Crippen LogP contribution in [-0.2, 0) is 26.1 Å². The summed E-state index contributed by atoms with van der Waals surface area (Å²) in [6, 6.07) is 8.28. The predicted octanol–water partition coefficient (Wildman–Crippen LogP) is 3.05. The number of fused-ring (bicyclic) bond motifs is 2. The third-order valence-corrected chi connectivity index (χ3v) is 4.92. The van der Waals surface area contributed by atoms with Crippen molar-refractivity contribution in [1.82, 2.24) is 24.6 Å². The van der Waals surface area contributed by atoms with E-state index in [-0.39, 0.29) is 24.8 Å². The van der Waals surface area contributed by atoms with Crippen LogP contribution in [-0.4, -0.2) is 32.7 Å². The van der Waals surface area contributed by atoms with Crippen molar-refractivity contribution >= 4 is 24.8 Å². The molecule has 0 radical (unpaired) electrons. The van der Waals surface area contributed by atoms with Crippen LogP contribution in [0.4, 0.5) is 0 Å². The summed E-state index contributed by atoms with van der Waals surface area (Å²) in [5.74, 6) is 2.58. The van der Waals surface area contributed by atoms with Gasteiger partial charge in [-0.2, -0.15) is 5.10 Å². The van der Waals surface area contributed by atoms with E-state index in [9.17, 15) is 0 Å². The Balaban J connectivity index is 0.00000112. The van der Waals surface area contributed by atoms with Crippen molar-refractivity contribution < 1.29 is 9.47 Å². The first-order valence-corrected chi connectivity index (χ1v) is 9.04. The highest BCUT2D eigenvalue weighted by molar-refractivity contribution is 5.85. The van der Waals surface area contributed by atoms with E-state index >= 15 is 0 Å². The molecule has 0 unspecified atom stereocenters. The van der Waals surface area contributed by atoms with E-state index in [1.54, 1.807) is 0 Å². The van der Waals surface area contributed by atoms with Gasteiger partial charge >= 0.3 is 0 Å². The van der Waals surface area contributed by atoms with E-state index in [1.807, 2.05) is 18.5 Å². The number of hydrogen-bond acceptors (Lipinski definition) is 5. The summed E-state index contributed by atoms with van der Waals surface area (Å²) in [7, 11) is 0. The molecular formula is C19H23Cl2N5O2. The second-order valence-corrected chi connectivity index (χ2v) is 6.66. The average molecular weight is 424 g/mol. The van der Waals surface area contributed by atoms with E-state index in [0.717, 1.165) is 62.0 Å². The van der Waals surface area contributed by atoms with E-state index in [1.165, 1.54) is 11.3 Å². The molecule has 0 aliphatic carbocycles. The van der Waals surface area contributed by atoms with Gasteiger partial charge in [-0.05, 0) is 43.1 Å². The molecule has 0 atom stereocenters. The molecule has 4 heterocycles. The van der Waals surface area contributed by atoms with Crippen LogP contribution >= 0.6 is 24.8 Å². The van der Waals surface area contributed by atoms with Crippen molar-refractivity contribution in [3.63, 3.8) is 0 Å². The van der Waals surface area contributed by atoms with E-state index < -0.39 is 0 Å². The molecule has 28 heavy (non-hydrogen) atoms. The molecule has 2 aliphatic heterocycles. The summed E-state index contributed by atoms with van der Waals surface area (Å²) in [6.07, 6.45) is 5.87. The number of rotatable bonds is 4. The van der Waals surface area contributed by atoms with Crippen molar-refractivity contribution in [3.05, 3.63) is 47.9 Å². The highest BCUT2D eigenvalue weighted by Gasteiger charge is 2.16. The lowest BCUT2D eigenvalue weighted by atomic mass is 10.1. The Kier molecular flexibility index (Phi) is 6.49. The summed E-state index contributed by atoms with van der Waals surface area (Å²) < 4.78 is 15.1. The molecule has 2 aromatic heterocycles. The van der Waals surface area contributed by atoms with Crippen molar-refractivity contribution in [2.75, 3.05) is 13.3 Å². The fourth-order valence-corrected chi connectivity index (χ4v) is 3.54. The molecule has 2 aliphatic rings. The Morgan fingerprint density at radius 1 is 1.11 bits per heavy atom. The van der Waals surface area contributed by atoms with Crippen molar-refractivity contribution in [1.29, 1.82) is 0 Å². The lowest BCUT2D eigenvalue weighted by Crippen LogP contribution is -2.11. The Morgan fingerprint density at radius 2 is 2.00 bits per heavy atom. The summed E-state index contributed by atoms with van der Waals surface area (Å²) in [6.45, 7) is 4.02. The van der Waals surface area contributed by atoms with Gasteiger partial charge in [-0.1, -0.05) is 6.07 Å². The lowest BCUT2D eigenvalue weighted by molar-refractivity contribution is 0.174. The van der Waals surface area contributed by atoms with Crippen molar-refractivity contribution in [2.24, 2.45) is 0 Å². The summed E-state index contributed by atoms with van der Waals surface area (Å²) in [4.78, 5) is 4.55. The number of nitrogens with zero attached hydrogens (tertiary/aromatic N) is 4. The Labute approximate surface area is 175 Å². The maximum Gasteiger partial charge on any atom is 0.231 e. The number of aryl methyl sites for hydroxylation is 3. The molecule has 150 valence electrons. The maximum atomic E-state index is 5.47. The van der Waals surface area contributed by atoms with Crippen LogP contribution in [0.1, 0.15) is 17.7 Å². The lowest BCUT2D eigenvalue weighted by Gasteiger charge is -2.07. The minimum Gasteiger partial charge on any atom is -0.454 e. The number of ether oxygens (including phenoxy) is 2. The summed E-state index contributed by atoms with van der Waals surface area (Å²) in [5, 5.41) is 8.21. The van der Waals surface area contributed by atoms with E-state index in [0.29, 0.717) is 6.79 Å². The molecule has 1 aromatic carbocycles. The van der Waals surface area contributed by atoms with Crippen LogP contribution in [0, 0.1) is 0 Å². The quantitative estimate of drug-likeness (QED) is 0.698. The van der Waals surface area contributed by atoms with Gasteiger partial charge in [-0.3, -0.25) is 4.68 Å². The SMILES string of the molecule is Cl.Cl.c1cn(CCc2ccc3c(c2)OCO3)c(-c2cc3n(n2)CCCNC3)n1. The van der Waals surface area contributed by atoms with E-state index in [4.69, 9.17) is 14.6 Å². The Hall–Kier alpha value is -2.22. The number of halogens is 2. The minimum atomic E-state index is 0. The van der Waals surface area contributed by atoms with Gasteiger partial charge < -0.3 is 19.4 Å². The summed E-state index contributed by atoms with van der Waals surface area (Å²) >= 11 is 0. The fourth-order valence-electron chi connectivity index (χ4n) is 3.54. The monoisotopic (exact) mass is 423 g/mol. The molecule has 5 rings (SSSR count). The third kappa shape index (κ3) is 3.97. The van der Waals surface area contributed by atoms with Crippen molar-refractivity contribution in [2.45, 2.75) is 32.5 Å². The predicted molar refractivity (Wildman–Crippen MR) is 111 cm³/mol. The third-order valence-electron chi connectivity index (χ3n) is 4.92. The number of benzene rings is 1. The number of aromatic nitrogens is 4. The zero-order valence-electron chi connectivity index (χ0n) is 15.3. The van der Waals surface area contributed by atoms with Crippen LogP contribution in [0.15, 0.2) is 36.7 Å². The van der Waals surface area contributed by atoms with Crippen LogP contribution in [0.25, 0.3) is 11.5 Å². The minimum absolute atomic E-state index is 0. The Morgan fingerprint density at radius 3 is 2.93 bits per heavy atom. The zero-order chi connectivity index (χ0) is 17.3. The molecule has 0 fully saturated rings. The smallest absolute Gasteiger partial charge is 0.231 e. The average Bonchev–Trinajstić information content (AvgIpc) is 3.36. The second kappa shape index (κ2) is 8.86. The first-order valence-electron chi connectivity index (χ1n) is 9.04. The first-order chi connectivity index (χ1) is 12.9. The maximum absolute atomic E-state index is 5.47. The molecule has 0 spiro atoms. The van der Waals surface area contributed by atoms with Crippen LogP contribution in [0.5, 0.6) is 11.5 Å². The highest BCUT2D eigenvalue weighted by Crippen LogP contribution is 2.32. The van der Waals surface area contributed by atoms with E-state index in [2.05, 4.69) is 37.7 Å².